The Morgan fingerprint density at radius 3 is 2.44 bits per heavy atom. The summed E-state index contributed by atoms with van der Waals surface area (Å²) in [5.74, 6) is -0.696. The number of rotatable bonds is 7. The summed E-state index contributed by atoms with van der Waals surface area (Å²) in [6, 6.07) is 19.3. The maximum absolute atomic E-state index is 13.1. The lowest BCUT2D eigenvalue weighted by Gasteiger charge is -2.31. The zero-order chi connectivity index (χ0) is 24.1. The quantitative estimate of drug-likeness (QED) is 0.229. The van der Waals surface area contributed by atoms with Crippen LogP contribution in [0.2, 0.25) is 0 Å². The van der Waals surface area contributed by atoms with Crippen molar-refractivity contribution in [1.82, 2.24) is 10.6 Å². The molecular weight excluding hydrogens is 452 g/mol. The number of hydrogen-bond acceptors (Lipinski definition) is 6. The molecule has 34 heavy (non-hydrogen) atoms. The minimum absolute atomic E-state index is 0.106. The third-order valence-corrected chi connectivity index (χ3v) is 5.66. The number of carbonyl (C=O) groups is 2. The lowest BCUT2D eigenvalue weighted by molar-refractivity contribution is -0.140. The highest BCUT2D eigenvalue weighted by Crippen LogP contribution is 2.39. The Labute approximate surface area is 202 Å². The van der Waals surface area contributed by atoms with Gasteiger partial charge in [-0.2, -0.15) is 0 Å². The van der Waals surface area contributed by atoms with Crippen molar-refractivity contribution in [3.63, 3.8) is 0 Å². The summed E-state index contributed by atoms with van der Waals surface area (Å²) >= 11 is 5.40. The molecular formula is C26H24N2O5S. The fourth-order valence-electron chi connectivity index (χ4n) is 3.87. The summed E-state index contributed by atoms with van der Waals surface area (Å²) in [6.07, 6.45) is 0. The third-order valence-electron chi connectivity index (χ3n) is 5.44. The first-order chi connectivity index (χ1) is 16.5. The summed E-state index contributed by atoms with van der Waals surface area (Å²) in [6.45, 7) is 2.14. The first-order valence-electron chi connectivity index (χ1n) is 10.7. The van der Waals surface area contributed by atoms with Crippen LogP contribution in [0.15, 0.2) is 78.0 Å². The largest absolute Gasteiger partial charge is 0.460 e. The van der Waals surface area contributed by atoms with Crippen LogP contribution in [0, 0.1) is 0 Å². The molecule has 2 N–H and O–H groups in total. The number of carbonyl (C=O) groups excluding carboxylic acids is 2. The molecule has 174 valence electrons. The molecule has 3 aromatic carbocycles. The van der Waals surface area contributed by atoms with Crippen LogP contribution in [0.1, 0.15) is 28.9 Å². The molecule has 0 saturated heterocycles. The molecule has 7 nitrogen and oxygen atoms in total. The summed E-state index contributed by atoms with van der Waals surface area (Å²) < 4.78 is 16.3. The highest BCUT2D eigenvalue weighted by molar-refractivity contribution is 7.80. The van der Waals surface area contributed by atoms with Crippen molar-refractivity contribution >= 4 is 40.0 Å². The molecule has 1 atom stereocenters. The van der Waals surface area contributed by atoms with Crippen molar-refractivity contribution in [3.8, 4) is 5.75 Å². The second-order valence-corrected chi connectivity index (χ2v) is 8.06. The van der Waals surface area contributed by atoms with Gasteiger partial charge in [-0.05, 0) is 48.1 Å². The van der Waals surface area contributed by atoms with Crippen molar-refractivity contribution < 1.29 is 23.8 Å². The Morgan fingerprint density at radius 1 is 0.941 bits per heavy atom. The van der Waals surface area contributed by atoms with Gasteiger partial charge in [0.15, 0.2) is 5.11 Å². The smallest absolute Gasteiger partial charge is 0.343 e. The van der Waals surface area contributed by atoms with Gasteiger partial charge in [-0.25, -0.2) is 9.59 Å². The van der Waals surface area contributed by atoms with Crippen LogP contribution in [0.25, 0.3) is 10.8 Å². The van der Waals surface area contributed by atoms with E-state index in [1.807, 2.05) is 36.4 Å². The van der Waals surface area contributed by atoms with Gasteiger partial charge in [-0.1, -0.05) is 48.5 Å². The van der Waals surface area contributed by atoms with Gasteiger partial charge in [0.05, 0.1) is 23.8 Å². The Kier molecular flexibility index (Phi) is 7.20. The number of methoxy groups -OCH3 is 1. The number of nitrogens with one attached hydrogen (secondary N) is 2. The van der Waals surface area contributed by atoms with Crippen molar-refractivity contribution in [1.29, 1.82) is 0 Å². The monoisotopic (exact) mass is 476 g/mol. The Morgan fingerprint density at radius 2 is 1.68 bits per heavy atom. The average molecular weight is 477 g/mol. The number of hydrogen-bond donors (Lipinski definition) is 2. The number of allylic oxidation sites excluding steroid dienone is 1. The molecule has 0 aliphatic carbocycles. The number of ether oxygens (including phenoxy) is 3. The molecule has 3 aromatic rings. The topological polar surface area (TPSA) is 85.9 Å². The molecule has 0 spiro atoms. The zero-order valence-electron chi connectivity index (χ0n) is 18.8. The number of esters is 2. The van der Waals surface area contributed by atoms with Crippen LogP contribution < -0.4 is 15.4 Å². The number of benzene rings is 3. The molecule has 1 aliphatic heterocycles. The van der Waals surface area contributed by atoms with Crippen LogP contribution in [0.4, 0.5) is 0 Å². The zero-order valence-corrected chi connectivity index (χ0v) is 19.6. The van der Waals surface area contributed by atoms with E-state index in [0.29, 0.717) is 33.3 Å². The van der Waals surface area contributed by atoms with Crippen LogP contribution in [-0.4, -0.2) is 37.4 Å². The van der Waals surface area contributed by atoms with E-state index in [-0.39, 0.29) is 13.2 Å². The minimum Gasteiger partial charge on any atom is -0.460 e. The van der Waals surface area contributed by atoms with Gasteiger partial charge in [0.2, 0.25) is 0 Å². The molecule has 0 saturated carbocycles. The standard InChI is InChI=1S/C26H24N2O5S/c1-16-21(25(30)32-15-14-31-2)23(28-26(34)27-16)22-19-11-7-6-8-17(19)12-13-20(22)33-24(29)18-9-4-3-5-10-18/h3-13,23H,14-15H2,1-2H3,(H2,27,28,34). The fraction of sp³-hybridized carbons (Fsp3) is 0.192. The van der Waals surface area contributed by atoms with Gasteiger partial charge >= 0.3 is 11.9 Å². The van der Waals surface area contributed by atoms with Crippen molar-refractivity contribution in [3.05, 3.63) is 89.1 Å². The van der Waals surface area contributed by atoms with Crippen molar-refractivity contribution in [2.75, 3.05) is 20.3 Å². The maximum Gasteiger partial charge on any atom is 0.343 e. The van der Waals surface area contributed by atoms with E-state index >= 15 is 0 Å². The predicted octanol–water partition coefficient (Wildman–Crippen LogP) is 4.04. The molecule has 1 aliphatic rings. The highest BCUT2D eigenvalue weighted by Gasteiger charge is 2.34. The third kappa shape index (κ3) is 4.93. The van der Waals surface area contributed by atoms with Gasteiger partial charge in [-0.3, -0.25) is 0 Å². The predicted molar refractivity (Wildman–Crippen MR) is 132 cm³/mol. The van der Waals surface area contributed by atoms with E-state index in [4.69, 9.17) is 26.4 Å². The normalized spacial score (nSPS) is 15.5. The van der Waals surface area contributed by atoms with E-state index in [1.165, 1.54) is 7.11 Å². The van der Waals surface area contributed by atoms with Crippen LogP contribution in [0.3, 0.4) is 0 Å². The van der Waals surface area contributed by atoms with Crippen LogP contribution in [-0.2, 0) is 14.3 Å². The first-order valence-corrected chi connectivity index (χ1v) is 11.1. The Bertz CT molecular complexity index is 1270. The van der Waals surface area contributed by atoms with E-state index in [1.54, 1.807) is 37.3 Å². The van der Waals surface area contributed by atoms with Gasteiger partial charge < -0.3 is 24.8 Å². The minimum atomic E-state index is -0.700. The lowest BCUT2D eigenvalue weighted by atomic mass is 9.90. The molecule has 0 amide bonds. The molecule has 4 rings (SSSR count). The second-order valence-electron chi connectivity index (χ2n) is 7.65. The van der Waals surface area contributed by atoms with Crippen LogP contribution in [0.5, 0.6) is 5.75 Å². The highest BCUT2D eigenvalue weighted by atomic mass is 32.1. The maximum atomic E-state index is 13.1. The molecule has 0 fully saturated rings. The molecule has 8 heteroatoms. The van der Waals surface area contributed by atoms with Gasteiger partial charge in [0.1, 0.15) is 12.4 Å². The molecule has 1 heterocycles. The van der Waals surface area contributed by atoms with Gasteiger partial charge in [0, 0.05) is 18.4 Å². The van der Waals surface area contributed by atoms with E-state index < -0.39 is 18.0 Å². The molecule has 0 aromatic heterocycles. The summed E-state index contributed by atoms with van der Waals surface area (Å²) in [7, 11) is 1.53. The second kappa shape index (κ2) is 10.5. The Hall–Kier alpha value is -3.75. The molecule has 0 bridgehead atoms. The average Bonchev–Trinajstić information content (AvgIpc) is 2.84. The summed E-state index contributed by atoms with van der Waals surface area (Å²) in [5.41, 5.74) is 1.94. The number of thiocarbonyl (C=S) groups is 1. The van der Waals surface area contributed by atoms with Crippen molar-refractivity contribution in [2.24, 2.45) is 0 Å². The van der Waals surface area contributed by atoms with E-state index in [9.17, 15) is 9.59 Å². The van der Waals surface area contributed by atoms with Crippen LogP contribution >= 0.6 is 12.2 Å². The molecule has 1 unspecified atom stereocenters. The van der Waals surface area contributed by atoms with Crippen molar-refractivity contribution in [2.45, 2.75) is 13.0 Å². The summed E-state index contributed by atoms with van der Waals surface area (Å²) in [4.78, 5) is 26.0. The summed E-state index contributed by atoms with van der Waals surface area (Å²) in [5, 5.41) is 8.26. The Balaban J connectivity index is 1.82. The SMILES string of the molecule is COCCOC(=O)C1=C(C)NC(=S)NC1c1c(OC(=O)c2ccccc2)ccc2ccccc12. The fourth-order valence-corrected chi connectivity index (χ4v) is 4.14. The molecule has 0 radical (unpaired) electrons. The van der Waals surface area contributed by atoms with Gasteiger partial charge in [0.25, 0.3) is 0 Å². The van der Waals surface area contributed by atoms with E-state index in [2.05, 4.69) is 10.6 Å². The lowest BCUT2D eigenvalue weighted by Crippen LogP contribution is -2.45. The first kappa shape index (κ1) is 23.4. The van der Waals surface area contributed by atoms with Gasteiger partial charge in [-0.15, -0.1) is 0 Å². The number of fused-ring (bicyclic) bond motifs is 1. The van der Waals surface area contributed by atoms with E-state index in [0.717, 1.165) is 10.8 Å².